The topological polar surface area (TPSA) is 30.3 Å². The third-order valence-electron chi connectivity index (χ3n) is 22.5. The number of para-hydroxylation sites is 2. The van der Waals surface area contributed by atoms with Gasteiger partial charge in [-0.15, -0.1) is 23.5 Å². The van der Waals surface area contributed by atoms with Crippen LogP contribution in [0.1, 0.15) is 164 Å². The number of fused-ring (bicyclic) bond motifs is 8. The number of hydrogen-bond donors (Lipinski definition) is 0. The minimum absolute atomic E-state index is 0.101. The van der Waals surface area contributed by atoms with Crippen molar-refractivity contribution in [1.82, 2.24) is 0 Å². The first-order valence-electron chi connectivity index (χ1n) is 33.0. The van der Waals surface area contributed by atoms with Crippen LogP contribution in [-0.4, -0.2) is 14.5 Å². The van der Waals surface area contributed by atoms with E-state index in [-0.39, 0.29) is 32.8 Å². The lowest BCUT2D eigenvalue weighted by atomic mass is 9.57. The molecule has 2 bridgehead atoms. The number of nitrogens with zero attached hydrogens (tertiary/aromatic N) is 3. The van der Waals surface area contributed by atoms with Gasteiger partial charge in [0.05, 0.1) is 11.5 Å². The third kappa shape index (κ3) is 11.0. The van der Waals surface area contributed by atoms with Crippen LogP contribution in [0.5, 0.6) is 0 Å². The summed E-state index contributed by atoms with van der Waals surface area (Å²) in [7, 11) is 0. The standard InChI is InChI=1S/C84H87N3S3/c1-55(2)44-47-83(9,90-79(88)89-11)75(62-29-27-59-26-28-60(59)48-62)50-63-53-82(8,80(4,5)54-85)46-45-56(3)84(10)77-49-61(63)34-41-72(77)73-43-40-69(52-78(73)84)87(65-22-16-13-17-23-65)67-37-32-58(33-38-67)57-30-35-66(36-31-57)86(64-20-14-12-15-21-64)68-39-42-71-70-24-18-19-25-74(70)81(6,7)76(71)51-68/h12-25,27,29-43,48-49,51-52,55-56,63,75H,26,28,44-47,50,53H2,1-11H3. The van der Waals surface area contributed by atoms with Crippen LogP contribution in [-0.2, 0) is 23.7 Å². The highest BCUT2D eigenvalue weighted by atomic mass is 32.2. The van der Waals surface area contributed by atoms with Crippen LogP contribution in [0.4, 0.5) is 34.1 Å². The third-order valence-corrected chi connectivity index (χ3v) is 25.4. The van der Waals surface area contributed by atoms with E-state index in [9.17, 15) is 5.26 Å². The van der Waals surface area contributed by atoms with E-state index in [0.29, 0.717) is 11.8 Å². The molecule has 0 saturated heterocycles. The molecule has 6 atom stereocenters. The Morgan fingerprint density at radius 1 is 0.589 bits per heavy atom. The van der Waals surface area contributed by atoms with E-state index in [1.54, 1.807) is 11.8 Å². The van der Waals surface area contributed by atoms with Crippen molar-refractivity contribution in [3.8, 4) is 39.4 Å². The second kappa shape index (κ2) is 24.2. The Bertz CT molecular complexity index is 4200. The Morgan fingerprint density at radius 2 is 1.10 bits per heavy atom. The van der Waals surface area contributed by atoms with Crippen molar-refractivity contribution in [2.24, 2.45) is 22.7 Å². The van der Waals surface area contributed by atoms with Gasteiger partial charge >= 0.3 is 0 Å². The fourth-order valence-electron chi connectivity index (χ4n) is 16.0. The number of thiocarbonyl (C=S) groups is 1. The molecule has 4 aliphatic carbocycles. The summed E-state index contributed by atoms with van der Waals surface area (Å²) in [5, 5.41) is 11.2. The molecule has 90 heavy (non-hydrogen) atoms. The molecule has 0 spiro atoms. The fraction of sp³-hybridized carbons (Fsp3) is 0.333. The molecule has 9 aromatic rings. The summed E-state index contributed by atoms with van der Waals surface area (Å²) >= 11 is 9.84. The van der Waals surface area contributed by atoms with Gasteiger partial charge < -0.3 is 9.80 Å². The molecule has 456 valence electrons. The summed E-state index contributed by atoms with van der Waals surface area (Å²) in [5.41, 5.74) is 24.7. The van der Waals surface area contributed by atoms with Crippen LogP contribution in [0.3, 0.4) is 0 Å². The molecule has 0 N–H and O–H groups in total. The van der Waals surface area contributed by atoms with E-state index in [1.165, 1.54) is 84.3 Å². The van der Waals surface area contributed by atoms with E-state index >= 15 is 0 Å². The van der Waals surface area contributed by atoms with Gasteiger partial charge in [0.25, 0.3) is 0 Å². The van der Waals surface area contributed by atoms with E-state index in [1.807, 2.05) is 11.8 Å². The molecule has 0 aliphatic heterocycles. The van der Waals surface area contributed by atoms with Crippen LogP contribution in [0, 0.1) is 34.0 Å². The molecule has 6 heteroatoms. The first-order valence-corrected chi connectivity index (χ1v) is 35.4. The molecule has 0 aromatic heterocycles. The van der Waals surface area contributed by atoms with Gasteiger partial charge in [-0.25, -0.2) is 0 Å². The largest absolute Gasteiger partial charge is 0.310 e. The number of aryl methyl sites for hydroxylation is 2. The number of thioether (sulfide) groups is 2. The van der Waals surface area contributed by atoms with E-state index in [4.69, 9.17) is 12.2 Å². The first-order chi connectivity index (χ1) is 43.2. The van der Waals surface area contributed by atoms with Crippen molar-refractivity contribution in [1.29, 1.82) is 5.26 Å². The molecule has 9 aromatic carbocycles. The van der Waals surface area contributed by atoms with Gasteiger partial charge in [0.2, 0.25) is 0 Å². The predicted octanol–water partition coefficient (Wildman–Crippen LogP) is 24.2. The molecule has 4 aliphatic rings. The SMILES string of the molecule is CSC(=S)SC(C)(CCC(C)C)C(CC1CC(C)(C(C)(C)C#N)CCC(C)C2(C)c3cc1ccc3-c1ccc(N(c3ccccc3)c3ccc(-c4ccc(N(c5ccccc5)c5ccc6c(c5)C(C)(C)c5ccccc5-6)cc4)cc3)cc12)c1ccc2c(c1)CC2. The zero-order valence-corrected chi connectivity index (χ0v) is 57.1. The Labute approximate surface area is 551 Å². The number of anilines is 6. The van der Waals surface area contributed by atoms with E-state index < -0.39 is 5.41 Å². The lowest BCUT2D eigenvalue weighted by Crippen LogP contribution is -2.39. The number of nitriles is 1. The Hall–Kier alpha value is -7.14. The molecular formula is C84H87N3S3. The molecule has 0 radical (unpaired) electrons. The molecule has 6 unspecified atom stereocenters. The normalized spacial score (nSPS) is 20.3. The van der Waals surface area contributed by atoms with Crippen molar-refractivity contribution >= 4 is 73.4 Å². The summed E-state index contributed by atoms with van der Waals surface area (Å²) in [6, 6.07) is 81.1. The zero-order chi connectivity index (χ0) is 62.9. The van der Waals surface area contributed by atoms with Gasteiger partial charge in [0.1, 0.15) is 3.53 Å². The number of hydrogen-bond acceptors (Lipinski definition) is 6. The predicted molar refractivity (Wildman–Crippen MR) is 391 cm³/mol. The quantitative estimate of drug-likeness (QED) is 0.0896. The molecule has 0 heterocycles. The smallest absolute Gasteiger partial charge is 0.104 e. The highest BCUT2D eigenvalue weighted by molar-refractivity contribution is 8.47. The summed E-state index contributed by atoms with van der Waals surface area (Å²) in [6.07, 6.45) is 10.6. The molecular weight excluding hydrogens is 1150 g/mol. The maximum atomic E-state index is 11.2. The van der Waals surface area contributed by atoms with Gasteiger partial charge in [-0.1, -0.05) is 194 Å². The zero-order valence-electron chi connectivity index (χ0n) is 54.7. The molecule has 0 fully saturated rings. The Morgan fingerprint density at radius 3 is 1.66 bits per heavy atom. The Balaban J connectivity index is 0.853. The Kier molecular flexibility index (Phi) is 16.6. The lowest BCUT2D eigenvalue weighted by molar-refractivity contribution is 0.0899. The second-order valence-electron chi connectivity index (χ2n) is 28.8. The van der Waals surface area contributed by atoms with Crippen molar-refractivity contribution in [3.63, 3.8) is 0 Å². The van der Waals surface area contributed by atoms with Crippen molar-refractivity contribution in [2.75, 3.05) is 16.1 Å². The van der Waals surface area contributed by atoms with Gasteiger partial charge in [-0.3, -0.25) is 0 Å². The monoisotopic (exact) mass is 1230 g/mol. The van der Waals surface area contributed by atoms with Gasteiger partial charge in [-0.05, 0) is 258 Å². The number of rotatable bonds is 16. The summed E-state index contributed by atoms with van der Waals surface area (Å²) in [6.45, 7) is 23.9. The maximum Gasteiger partial charge on any atom is 0.104 e. The van der Waals surface area contributed by atoms with Crippen LogP contribution in [0.2, 0.25) is 0 Å². The minimum atomic E-state index is -0.552. The highest BCUT2D eigenvalue weighted by Gasteiger charge is 2.50. The fourth-order valence-corrected chi connectivity index (χ4v) is 18.5. The van der Waals surface area contributed by atoms with E-state index in [2.05, 4.69) is 298 Å². The van der Waals surface area contributed by atoms with Crippen LogP contribution >= 0.6 is 35.7 Å². The lowest BCUT2D eigenvalue weighted by Gasteiger charge is -2.47. The summed E-state index contributed by atoms with van der Waals surface area (Å²) in [5.74, 6) is 1.34. The minimum Gasteiger partial charge on any atom is -0.310 e. The average molecular weight is 1230 g/mol. The summed E-state index contributed by atoms with van der Waals surface area (Å²) in [4.78, 5) is 4.84. The van der Waals surface area contributed by atoms with Gasteiger partial charge in [0, 0.05) is 49.7 Å². The molecule has 13 rings (SSSR count). The summed E-state index contributed by atoms with van der Waals surface area (Å²) < 4.78 is 0.901. The maximum absolute atomic E-state index is 11.2. The molecule has 0 saturated carbocycles. The van der Waals surface area contributed by atoms with Crippen LogP contribution in [0.25, 0.3) is 33.4 Å². The highest BCUT2D eigenvalue weighted by Crippen LogP contribution is 2.61. The van der Waals surface area contributed by atoms with Crippen LogP contribution in [0.15, 0.2) is 206 Å². The number of benzene rings is 9. The molecule has 3 nitrogen and oxygen atoms in total. The average Bonchev–Trinajstić information content (AvgIpc) is 1.55. The van der Waals surface area contributed by atoms with Crippen molar-refractivity contribution in [2.45, 2.75) is 148 Å². The molecule has 0 amide bonds. The van der Waals surface area contributed by atoms with Crippen LogP contribution < -0.4 is 9.80 Å². The van der Waals surface area contributed by atoms with Crippen molar-refractivity contribution in [3.05, 3.63) is 251 Å². The van der Waals surface area contributed by atoms with Gasteiger partial charge in [-0.2, -0.15) is 5.26 Å². The first kappa shape index (κ1) is 61.7. The van der Waals surface area contributed by atoms with Gasteiger partial charge in [0.15, 0.2) is 0 Å². The van der Waals surface area contributed by atoms with E-state index in [0.717, 1.165) is 82.6 Å². The second-order valence-corrected chi connectivity index (χ2v) is 32.4. The van der Waals surface area contributed by atoms with Crippen molar-refractivity contribution < 1.29 is 0 Å².